The Morgan fingerprint density at radius 3 is 2.26 bits per heavy atom. The van der Waals surface area contributed by atoms with Crippen molar-refractivity contribution in [3.05, 3.63) is 71.8 Å². The molecule has 3 atom stereocenters. The van der Waals surface area contributed by atoms with Gasteiger partial charge in [0.25, 0.3) is 0 Å². The topological polar surface area (TPSA) is 43.1 Å². The van der Waals surface area contributed by atoms with Gasteiger partial charge in [-0.1, -0.05) is 80.4 Å². The number of benzene rings is 2. The normalized spacial score (nSPS) is 25.7. The van der Waals surface area contributed by atoms with Gasteiger partial charge in [-0.25, -0.2) is 0 Å². The van der Waals surface area contributed by atoms with E-state index in [1.165, 1.54) is 12.0 Å². The van der Waals surface area contributed by atoms with Crippen molar-refractivity contribution in [1.82, 2.24) is 0 Å². The number of carbonyl (C=O) groups excluding carboxylic acids is 1. The van der Waals surface area contributed by atoms with Crippen molar-refractivity contribution in [2.75, 3.05) is 0 Å². The van der Waals surface area contributed by atoms with Crippen LogP contribution in [0.4, 0.5) is 0 Å². The SMILES string of the molecule is CC(c1ccccc1)C1CCCCC1(C(N)=O)c1ccccc1. The van der Waals surface area contributed by atoms with Crippen LogP contribution in [0.1, 0.15) is 49.7 Å². The lowest BCUT2D eigenvalue weighted by atomic mass is 9.57. The van der Waals surface area contributed by atoms with Gasteiger partial charge in [0.2, 0.25) is 5.91 Å². The Hall–Kier alpha value is -2.09. The third-order valence-electron chi connectivity index (χ3n) is 5.63. The molecule has 0 saturated heterocycles. The summed E-state index contributed by atoms with van der Waals surface area (Å²) in [6.45, 7) is 2.24. The van der Waals surface area contributed by atoms with E-state index in [-0.39, 0.29) is 11.8 Å². The average Bonchev–Trinajstić information content (AvgIpc) is 2.62. The van der Waals surface area contributed by atoms with Crippen LogP contribution in [0.15, 0.2) is 60.7 Å². The third-order valence-corrected chi connectivity index (χ3v) is 5.63. The van der Waals surface area contributed by atoms with Gasteiger partial charge in [-0.2, -0.15) is 0 Å². The van der Waals surface area contributed by atoms with Crippen LogP contribution in [0.2, 0.25) is 0 Å². The maximum Gasteiger partial charge on any atom is 0.228 e. The summed E-state index contributed by atoms with van der Waals surface area (Å²) in [5, 5.41) is 0. The van der Waals surface area contributed by atoms with Crippen LogP contribution in [0.5, 0.6) is 0 Å². The molecule has 2 N–H and O–H groups in total. The monoisotopic (exact) mass is 307 g/mol. The molecule has 0 aliphatic heterocycles. The lowest BCUT2D eigenvalue weighted by molar-refractivity contribution is -0.127. The molecular formula is C21H25NO. The van der Waals surface area contributed by atoms with E-state index >= 15 is 0 Å². The summed E-state index contributed by atoms with van der Waals surface area (Å²) in [4.78, 5) is 12.6. The number of amides is 1. The molecule has 1 amide bonds. The molecule has 1 aliphatic rings. The van der Waals surface area contributed by atoms with Crippen molar-refractivity contribution < 1.29 is 4.79 Å². The second-order valence-electron chi connectivity index (χ2n) is 6.75. The summed E-state index contributed by atoms with van der Waals surface area (Å²) in [6.07, 6.45) is 4.14. The van der Waals surface area contributed by atoms with Gasteiger partial charge >= 0.3 is 0 Å². The number of nitrogens with two attached hydrogens (primary N) is 1. The lowest BCUT2D eigenvalue weighted by Gasteiger charge is -2.45. The fourth-order valence-corrected chi connectivity index (χ4v) is 4.41. The molecule has 120 valence electrons. The molecule has 0 radical (unpaired) electrons. The highest BCUT2D eigenvalue weighted by Crippen LogP contribution is 2.49. The molecule has 0 spiro atoms. The Balaban J connectivity index is 2.07. The quantitative estimate of drug-likeness (QED) is 0.893. The Labute approximate surface area is 138 Å². The van der Waals surface area contributed by atoms with Crippen LogP contribution < -0.4 is 5.73 Å². The largest absolute Gasteiger partial charge is 0.369 e. The summed E-state index contributed by atoms with van der Waals surface area (Å²) in [6, 6.07) is 20.7. The third kappa shape index (κ3) is 2.78. The van der Waals surface area contributed by atoms with Crippen LogP contribution in [0, 0.1) is 5.92 Å². The van der Waals surface area contributed by atoms with Gasteiger partial charge in [-0.3, -0.25) is 4.79 Å². The summed E-state index contributed by atoms with van der Waals surface area (Å²) >= 11 is 0. The van der Waals surface area contributed by atoms with Crippen LogP contribution in [0.3, 0.4) is 0 Å². The zero-order valence-corrected chi connectivity index (χ0v) is 13.7. The van der Waals surface area contributed by atoms with Crippen LogP contribution in [0.25, 0.3) is 0 Å². The average molecular weight is 307 g/mol. The molecule has 2 heteroatoms. The minimum absolute atomic E-state index is 0.170. The lowest BCUT2D eigenvalue weighted by Crippen LogP contribution is -2.50. The summed E-state index contributed by atoms with van der Waals surface area (Å²) in [5.41, 5.74) is 7.83. The van der Waals surface area contributed by atoms with Gasteiger partial charge in [0.15, 0.2) is 0 Å². The van der Waals surface area contributed by atoms with E-state index in [1.807, 2.05) is 24.3 Å². The highest BCUT2D eigenvalue weighted by atomic mass is 16.1. The van der Waals surface area contributed by atoms with E-state index in [9.17, 15) is 4.79 Å². The fourth-order valence-electron chi connectivity index (χ4n) is 4.41. The molecule has 3 unspecified atom stereocenters. The maximum absolute atomic E-state index is 12.6. The second kappa shape index (κ2) is 6.57. The molecule has 1 fully saturated rings. The molecule has 3 rings (SSSR count). The first kappa shape index (κ1) is 15.8. The summed E-state index contributed by atoms with van der Waals surface area (Å²) in [7, 11) is 0. The van der Waals surface area contributed by atoms with E-state index in [1.54, 1.807) is 0 Å². The molecule has 2 aromatic rings. The van der Waals surface area contributed by atoms with Crippen LogP contribution >= 0.6 is 0 Å². The van der Waals surface area contributed by atoms with E-state index in [0.717, 1.165) is 24.8 Å². The van der Waals surface area contributed by atoms with Gasteiger partial charge in [-0.05, 0) is 35.8 Å². The molecule has 2 aromatic carbocycles. The van der Waals surface area contributed by atoms with Gasteiger partial charge in [0.05, 0.1) is 5.41 Å². The maximum atomic E-state index is 12.6. The smallest absolute Gasteiger partial charge is 0.228 e. The van der Waals surface area contributed by atoms with Crippen molar-refractivity contribution in [3.8, 4) is 0 Å². The van der Waals surface area contributed by atoms with Gasteiger partial charge in [-0.15, -0.1) is 0 Å². The number of primary amides is 1. The van der Waals surface area contributed by atoms with Crippen molar-refractivity contribution in [3.63, 3.8) is 0 Å². The van der Waals surface area contributed by atoms with Crippen molar-refractivity contribution in [2.24, 2.45) is 11.7 Å². The minimum atomic E-state index is -0.547. The van der Waals surface area contributed by atoms with Gasteiger partial charge in [0.1, 0.15) is 0 Å². The fraction of sp³-hybridized carbons (Fsp3) is 0.381. The van der Waals surface area contributed by atoms with Gasteiger partial charge in [0, 0.05) is 0 Å². The molecule has 0 bridgehead atoms. The molecule has 1 aliphatic carbocycles. The van der Waals surface area contributed by atoms with Crippen LogP contribution in [-0.2, 0) is 10.2 Å². The zero-order chi connectivity index (χ0) is 16.3. The highest BCUT2D eigenvalue weighted by molar-refractivity contribution is 5.87. The predicted octanol–water partition coefficient (Wildman–Crippen LogP) is 4.40. The summed E-state index contributed by atoms with van der Waals surface area (Å²) in [5.74, 6) is 0.388. The first-order chi connectivity index (χ1) is 11.2. The number of rotatable bonds is 4. The zero-order valence-electron chi connectivity index (χ0n) is 13.7. The molecular weight excluding hydrogens is 282 g/mol. The van der Waals surface area contributed by atoms with Crippen molar-refractivity contribution >= 4 is 5.91 Å². The summed E-state index contributed by atoms with van der Waals surface area (Å²) < 4.78 is 0. The first-order valence-corrected chi connectivity index (χ1v) is 8.56. The highest BCUT2D eigenvalue weighted by Gasteiger charge is 2.49. The van der Waals surface area contributed by atoms with Gasteiger partial charge < -0.3 is 5.73 Å². The second-order valence-corrected chi connectivity index (χ2v) is 6.75. The van der Waals surface area contributed by atoms with E-state index in [2.05, 4.69) is 43.3 Å². The Morgan fingerprint density at radius 1 is 1.04 bits per heavy atom. The Kier molecular flexibility index (Phi) is 4.51. The van der Waals surface area contributed by atoms with E-state index in [4.69, 9.17) is 5.73 Å². The number of carbonyl (C=O) groups is 1. The Morgan fingerprint density at radius 2 is 1.65 bits per heavy atom. The predicted molar refractivity (Wildman–Crippen MR) is 94.1 cm³/mol. The molecule has 0 heterocycles. The first-order valence-electron chi connectivity index (χ1n) is 8.56. The van der Waals surface area contributed by atoms with Crippen molar-refractivity contribution in [1.29, 1.82) is 0 Å². The van der Waals surface area contributed by atoms with E-state index in [0.29, 0.717) is 5.92 Å². The Bertz CT molecular complexity index is 652. The molecule has 2 nitrogen and oxygen atoms in total. The number of hydrogen-bond acceptors (Lipinski definition) is 1. The van der Waals surface area contributed by atoms with Crippen molar-refractivity contribution in [2.45, 2.75) is 43.9 Å². The van der Waals surface area contributed by atoms with E-state index < -0.39 is 5.41 Å². The molecule has 23 heavy (non-hydrogen) atoms. The standard InChI is InChI=1S/C21H25NO/c1-16(17-10-4-2-5-11-17)19-14-8-9-15-21(19,20(22)23)18-12-6-3-7-13-18/h2-7,10-13,16,19H,8-9,14-15H2,1H3,(H2,22,23). The molecule has 0 aromatic heterocycles. The molecule has 1 saturated carbocycles. The van der Waals surface area contributed by atoms with Crippen LogP contribution in [-0.4, -0.2) is 5.91 Å². The minimum Gasteiger partial charge on any atom is -0.369 e. The number of hydrogen-bond donors (Lipinski definition) is 1.